The number of rotatable bonds is 2. The highest BCUT2D eigenvalue weighted by Crippen LogP contribution is 2.34. The maximum atomic E-state index is 11.9. The fourth-order valence-corrected chi connectivity index (χ4v) is 1.95. The molecule has 0 spiro atoms. The van der Waals surface area contributed by atoms with Crippen LogP contribution in [0.4, 0.5) is 16.2 Å². The summed E-state index contributed by atoms with van der Waals surface area (Å²) in [7, 11) is 0. The lowest BCUT2D eigenvalue weighted by molar-refractivity contribution is 0.0967. The lowest BCUT2D eigenvalue weighted by Gasteiger charge is -2.07. The molecule has 1 heterocycles. The first-order valence-corrected chi connectivity index (χ1v) is 6.49. The van der Waals surface area contributed by atoms with E-state index in [0.29, 0.717) is 28.4 Å². The molecule has 7 nitrogen and oxygen atoms in total. The van der Waals surface area contributed by atoms with Gasteiger partial charge in [0.05, 0.1) is 0 Å². The van der Waals surface area contributed by atoms with Crippen molar-refractivity contribution in [2.75, 3.05) is 17.8 Å². The van der Waals surface area contributed by atoms with Gasteiger partial charge in [-0.1, -0.05) is 0 Å². The van der Waals surface area contributed by atoms with E-state index in [1.165, 1.54) is 0 Å². The van der Waals surface area contributed by atoms with E-state index >= 15 is 0 Å². The second-order valence-electron chi connectivity index (χ2n) is 4.60. The van der Waals surface area contributed by atoms with Gasteiger partial charge >= 0.3 is 6.03 Å². The van der Waals surface area contributed by atoms with Crippen LogP contribution in [0.3, 0.4) is 0 Å². The molecule has 1 aliphatic heterocycles. The molecule has 0 fully saturated rings. The summed E-state index contributed by atoms with van der Waals surface area (Å²) in [4.78, 5) is 23.7. The zero-order valence-corrected chi connectivity index (χ0v) is 11.5. The molecule has 0 saturated heterocycles. The summed E-state index contributed by atoms with van der Waals surface area (Å²) in [5, 5.41) is 4.78. The molecule has 0 atom stereocenters. The van der Waals surface area contributed by atoms with Gasteiger partial charge in [0.15, 0.2) is 11.5 Å². The van der Waals surface area contributed by atoms with Crippen LogP contribution in [0.15, 0.2) is 42.5 Å². The largest absolute Gasteiger partial charge is 0.454 e. The molecule has 112 valence electrons. The van der Waals surface area contributed by atoms with Gasteiger partial charge in [0.25, 0.3) is 5.91 Å². The Bertz CT molecular complexity index is 728. The number of carbonyl (C=O) groups excluding carboxylic acids is 2. The van der Waals surface area contributed by atoms with Crippen LogP contribution in [-0.2, 0) is 0 Å². The Kier molecular flexibility index (Phi) is 3.53. The molecule has 0 aromatic heterocycles. The fourth-order valence-electron chi connectivity index (χ4n) is 1.95. The van der Waals surface area contributed by atoms with Crippen LogP contribution < -0.4 is 25.8 Å². The van der Waals surface area contributed by atoms with Gasteiger partial charge in [-0.25, -0.2) is 4.79 Å². The molecule has 3 rings (SSSR count). The SMILES string of the molecule is Nc1ccc(C(=O)NC(=O)Nc2ccc3c(c2)OCO3)cc1. The highest BCUT2D eigenvalue weighted by Gasteiger charge is 2.15. The highest BCUT2D eigenvalue weighted by molar-refractivity contribution is 6.08. The van der Waals surface area contributed by atoms with Gasteiger partial charge in [0, 0.05) is 23.0 Å². The van der Waals surface area contributed by atoms with Gasteiger partial charge in [-0.3, -0.25) is 10.1 Å². The average Bonchev–Trinajstić information content (AvgIpc) is 2.95. The van der Waals surface area contributed by atoms with Crippen molar-refractivity contribution in [1.82, 2.24) is 5.32 Å². The van der Waals surface area contributed by atoms with Crippen molar-refractivity contribution in [1.29, 1.82) is 0 Å². The molecule has 22 heavy (non-hydrogen) atoms. The molecule has 7 heteroatoms. The Morgan fingerprint density at radius 2 is 1.73 bits per heavy atom. The Morgan fingerprint density at radius 1 is 1.00 bits per heavy atom. The van der Waals surface area contributed by atoms with Crippen LogP contribution in [0.1, 0.15) is 10.4 Å². The van der Waals surface area contributed by atoms with Gasteiger partial charge < -0.3 is 20.5 Å². The summed E-state index contributed by atoms with van der Waals surface area (Å²) in [6, 6.07) is 10.6. The number of hydrogen-bond donors (Lipinski definition) is 3. The smallest absolute Gasteiger partial charge is 0.326 e. The zero-order valence-electron chi connectivity index (χ0n) is 11.5. The van der Waals surface area contributed by atoms with Gasteiger partial charge in [-0.2, -0.15) is 0 Å². The minimum Gasteiger partial charge on any atom is -0.454 e. The van der Waals surface area contributed by atoms with E-state index in [0.717, 1.165) is 0 Å². The number of amides is 3. The van der Waals surface area contributed by atoms with E-state index in [9.17, 15) is 9.59 Å². The Morgan fingerprint density at radius 3 is 2.50 bits per heavy atom. The van der Waals surface area contributed by atoms with Crippen LogP contribution in [0.2, 0.25) is 0 Å². The second-order valence-corrected chi connectivity index (χ2v) is 4.60. The van der Waals surface area contributed by atoms with E-state index in [-0.39, 0.29) is 6.79 Å². The molecule has 0 bridgehead atoms. The number of imide groups is 1. The van der Waals surface area contributed by atoms with Crippen LogP contribution >= 0.6 is 0 Å². The second kappa shape index (κ2) is 5.65. The molecular weight excluding hydrogens is 286 g/mol. The first-order valence-electron chi connectivity index (χ1n) is 6.49. The third-order valence-electron chi connectivity index (χ3n) is 3.03. The molecule has 0 aliphatic carbocycles. The first kappa shape index (κ1) is 13.7. The number of benzene rings is 2. The molecule has 0 unspecified atom stereocenters. The third kappa shape index (κ3) is 2.93. The molecule has 0 radical (unpaired) electrons. The number of fused-ring (bicyclic) bond motifs is 1. The maximum Gasteiger partial charge on any atom is 0.326 e. The summed E-state index contributed by atoms with van der Waals surface area (Å²) in [6.45, 7) is 0.153. The fraction of sp³-hybridized carbons (Fsp3) is 0.0667. The van der Waals surface area contributed by atoms with Crippen LogP contribution in [0.5, 0.6) is 11.5 Å². The monoisotopic (exact) mass is 299 g/mol. The predicted molar refractivity (Wildman–Crippen MR) is 79.9 cm³/mol. The molecular formula is C15H13N3O4. The van der Waals surface area contributed by atoms with E-state index in [4.69, 9.17) is 15.2 Å². The van der Waals surface area contributed by atoms with Crippen LogP contribution in [-0.4, -0.2) is 18.7 Å². The number of nitrogens with one attached hydrogen (secondary N) is 2. The van der Waals surface area contributed by atoms with Crippen molar-refractivity contribution in [2.45, 2.75) is 0 Å². The predicted octanol–water partition coefficient (Wildman–Crippen LogP) is 1.96. The minimum absolute atomic E-state index is 0.153. The molecule has 4 N–H and O–H groups in total. The number of nitrogens with two attached hydrogens (primary N) is 1. The summed E-state index contributed by atoms with van der Waals surface area (Å²) in [5.41, 5.74) is 6.92. The van der Waals surface area contributed by atoms with Crippen LogP contribution in [0, 0.1) is 0 Å². The summed E-state index contributed by atoms with van der Waals surface area (Å²) < 4.78 is 10.4. The van der Waals surface area contributed by atoms with Gasteiger partial charge in [-0.15, -0.1) is 0 Å². The number of anilines is 2. The quantitative estimate of drug-likeness (QED) is 0.736. The Hall–Kier alpha value is -3.22. The number of nitrogen functional groups attached to an aromatic ring is 1. The minimum atomic E-state index is -0.638. The van der Waals surface area contributed by atoms with Crippen molar-refractivity contribution in [3.8, 4) is 11.5 Å². The first-order chi connectivity index (χ1) is 10.6. The van der Waals surface area contributed by atoms with Gasteiger partial charge in [0.1, 0.15) is 0 Å². The molecule has 0 saturated carbocycles. The van der Waals surface area contributed by atoms with E-state index < -0.39 is 11.9 Å². The lowest BCUT2D eigenvalue weighted by atomic mass is 10.2. The standard InChI is InChI=1S/C15H13N3O4/c16-10-3-1-9(2-4-10)14(19)18-15(20)17-11-5-6-12-13(7-11)22-8-21-12/h1-7H,8,16H2,(H2,17,18,19,20). The molecule has 2 aromatic rings. The van der Waals surface area contributed by atoms with Crippen molar-refractivity contribution < 1.29 is 19.1 Å². The average molecular weight is 299 g/mol. The van der Waals surface area contributed by atoms with Crippen LogP contribution in [0.25, 0.3) is 0 Å². The van der Waals surface area contributed by atoms with E-state index in [1.807, 2.05) is 0 Å². The van der Waals surface area contributed by atoms with E-state index in [2.05, 4.69) is 10.6 Å². The summed E-state index contributed by atoms with van der Waals surface area (Å²) >= 11 is 0. The number of urea groups is 1. The molecule has 2 aromatic carbocycles. The maximum absolute atomic E-state index is 11.9. The van der Waals surface area contributed by atoms with Crippen molar-refractivity contribution in [3.05, 3.63) is 48.0 Å². The number of carbonyl (C=O) groups is 2. The van der Waals surface area contributed by atoms with Gasteiger partial charge in [0.2, 0.25) is 6.79 Å². The van der Waals surface area contributed by atoms with E-state index in [1.54, 1.807) is 42.5 Å². The summed E-state index contributed by atoms with van der Waals surface area (Å²) in [5.74, 6) is 0.643. The number of ether oxygens (including phenoxy) is 2. The molecule has 1 aliphatic rings. The normalized spacial score (nSPS) is 11.8. The lowest BCUT2D eigenvalue weighted by Crippen LogP contribution is -2.34. The Labute approximate surface area is 126 Å². The van der Waals surface area contributed by atoms with Crippen molar-refractivity contribution in [3.63, 3.8) is 0 Å². The Balaban J connectivity index is 1.62. The molecule has 3 amide bonds. The zero-order chi connectivity index (χ0) is 15.5. The van der Waals surface area contributed by atoms with Gasteiger partial charge in [-0.05, 0) is 36.4 Å². The summed E-state index contributed by atoms with van der Waals surface area (Å²) in [6.07, 6.45) is 0. The van der Waals surface area contributed by atoms with Crippen molar-refractivity contribution in [2.24, 2.45) is 0 Å². The number of hydrogen-bond acceptors (Lipinski definition) is 5. The topological polar surface area (TPSA) is 103 Å². The highest BCUT2D eigenvalue weighted by atomic mass is 16.7. The third-order valence-corrected chi connectivity index (χ3v) is 3.03. The van der Waals surface area contributed by atoms with Crippen molar-refractivity contribution >= 4 is 23.3 Å².